The summed E-state index contributed by atoms with van der Waals surface area (Å²) in [5, 5.41) is 3.98. The smallest absolute Gasteiger partial charge is 0.293 e. The van der Waals surface area contributed by atoms with Gasteiger partial charge in [-0.15, -0.1) is 0 Å². The Hall–Kier alpha value is -3.19. The number of aryl methyl sites for hydroxylation is 2. The zero-order valence-electron chi connectivity index (χ0n) is 16.1. The molecule has 7 heteroatoms. The van der Waals surface area contributed by atoms with Crippen molar-refractivity contribution in [2.75, 3.05) is 0 Å². The Bertz CT molecular complexity index is 1240. The molecule has 0 atom stereocenters. The van der Waals surface area contributed by atoms with Gasteiger partial charge in [0, 0.05) is 5.56 Å². The molecule has 0 aliphatic heterocycles. The summed E-state index contributed by atoms with van der Waals surface area (Å²) in [4.78, 5) is 4.35. The van der Waals surface area contributed by atoms with Crippen molar-refractivity contribution in [1.29, 1.82) is 0 Å². The minimum atomic E-state index is -3.38. The SMILES string of the molecule is Cc1ccc(-c2noc(-c3ccc(CS(=O)(=O)Cc4ccccc4C)o3)n2)cc1. The maximum atomic E-state index is 12.6. The topological polar surface area (TPSA) is 86.2 Å². The lowest BCUT2D eigenvalue weighted by Crippen LogP contribution is -2.08. The minimum absolute atomic E-state index is 0.0339. The van der Waals surface area contributed by atoms with Gasteiger partial charge in [-0.2, -0.15) is 4.98 Å². The first-order chi connectivity index (χ1) is 13.9. The normalized spacial score (nSPS) is 11.7. The first kappa shape index (κ1) is 19.1. The molecule has 0 aliphatic rings. The van der Waals surface area contributed by atoms with E-state index < -0.39 is 9.84 Å². The van der Waals surface area contributed by atoms with E-state index in [4.69, 9.17) is 8.94 Å². The van der Waals surface area contributed by atoms with Gasteiger partial charge in [-0.1, -0.05) is 59.3 Å². The van der Waals surface area contributed by atoms with Crippen LogP contribution in [0, 0.1) is 13.8 Å². The average molecular weight is 408 g/mol. The Morgan fingerprint density at radius 2 is 1.66 bits per heavy atom. The van der Waals surface area contributed by atoms with Crippen LogP contribution in [-0.2, 0) is 21.3 Å². The zero-order valence-corrected chi connectivity index (χ0v) is 16.9. The number of hydrogen-bond donors (Lipinski definition) is 0. The molecule has 0 aliphatic carbocycles. The third kappa shape index (κ3) is 4.46. The second kappa shape index (κ2) is 7.67. The van der Waals surface area contributed by atoms with Crippen LogP contribution in [0.5, 0.6) is 0 Å². The van der Waals surface area contributed by atoms with Crippen LogP contribution in [0.25, 0.3) is 23.0 Å². The lowest BCUT2D eigenvalue weighted by atomic mass is 10.1. The highest BCUT2D eigenvalue weighted by molar-refractivity contribution is 7.89. The number of nitrogens with zero attached hydrogens (tertiary/aromatic N) is 2. The van der Waals surface area contributed by atoms with Crippen molar-refractivity contribution in [2.24, 2.45) is 0 Å². The number of furan rings is 1. The molecule has 2 heterocycles. The number of rotatable bonds is 6. The Kier molecular flexibility index (Phi) is 5.07. The molecule has 0 N–H and O–H groups in total. The molecule has 0 saturated heterocycles. The van der Waals surface area contributed by atoms with Gasteiger partial charge in [0.2, 0.25) is 5.82 Å². The molecule has 0 unspecified atom stereocenters. The fourth-order valence-electron chi connectivity index (χ4n) is 2.99. The van der Waals surface area contributed by atoms with Gasteiger partial charge in [-0.05, 0) is 37.1 Å². The first-order valence-corrected chi connectivity index (χ1v) is 11.0. The average Bonchev–Trinajstić information content (AvgIpc) is 3.33. The highest BCUT2D eigenvalue weighted by Crippen LogP contribution is 2.25. The second-order valence-electron chi connectivity index (χ2n) is 7.01. The van der Waals surface area contributed by atoms with E-state index in [1.54, 1.807) is 12.1 Å². The van der Waals surface area contributed by atoms with Crippen LogP contribution >= 0.6 is 0 Å². The monoisotopic (exact) mass is 408 g/mol. The fourth-order valence-corrected chi connectivity index (χ4v) is 4.48. The predicted octanol–water partition coefficient (Wildman–Crippen LogP) is 4.73. The van der Waals surface area contributed by atoms with Gasteiger partial charge in [0.25, 0.3) is 5.89 Å². The summed E-state index contributed by atoms with van der Waals surface area (Å²) in [6.07, 6.45) is 0. The van der Waals surface area contributed by atoms with Crippen LogP contribution in [0.4, 0.5) is 0 Å². The van der Waals surface area contributed by atoms with E-state index in [0.717, 1.165) is 22.3 Å². The maximum absolute atomic E-state index is 12.6. The van der Waals surface area contributed by atoms with Crippen LogP contribution in [-0.4, -0.2) is 18.6 Å². The summed E-state index contributed by atoms with van der Waals surface area (Å²) in [6.45, 7) is 3.90. The molecule has 6 nitrogen and oxygen atoms in total. The summed E-state index contributed by atoms with van der Waals surface area (Å²) in [5.41, 5.74) is 3.71. The Labute approximate surface area is 169 Å². The molecule has 0 fully saturated rings. The first-order valence-electron chi connectivity index (χ1n) is 9.14. The highest BCUT2D eigenvalue weighted by atomic mass is 32.2. The van der Waals surface area contributed by atoms with Crippen molar-refractivity contribution < 1.29 is 17.4 Å². The molecular formula is C22H20N2O4S. The van der Waals surface area contributed by atoms with E-state index in [1.165, 1.54) is 0 Å². The zero-order chi connectivity index (χ0) is 20.4. The molecule has 148 valence electrons. The van der Waals surface area contributed by atoms with Gasteiger partial charge in [-0.25, -0.2) is 8.42 Å². The molecule has 4 rings (SSSR count). The molecule has 2 aromatic heterocycles. The second-order valence-corrected chi connectivity index (χ2v) is 9.08. The number of sulfone groups is 1. The van der Waals surface area contributed by atoms with E-state index in [2.05, 4.69) is 10.1 Å². The Morgan fingerprint density at radius 1 is 0.897 bits per heavy atom. The number of benzene rings is 2. The van der Waals surface area contributed by atoms with E-state index in [9.17, 15) is 8.42 Å². The summed E-state index contributed by atoms with van der Waals surface area (Å²) in [6, 6.07) is 18.5. The minimum Gasteiger partial charge on any atom is -0.455 e. The van der Waals surface area contributed by atoms with E-state index >= 15 is 0 Å². The van der Waals surface area contributed by atoms with Crippen LogP contribution in [0.15, 0.2) is 69.6 Å². The van der Waals surface area contributed by atoms with Crippen molar-refractivity contribution >= 4 is 9.84 Å². The summed E-state index contributed by atoms with van der Waals surface area (Å²) in [5.74, 6) is 1.11. The molecule has 0 amide bonds. The molecule has 0 bridgehead atoms. The standard InChI is InChI=1S/C22H20N2O4S/c1-15-7-9-17(10-8-15)21-23-22(28-24-21)20-12-11-19(27-20)14-29(25,26)13-18-6-4-3-5-16(18)2/h3-12H,13-14H2,1-2H3. The largest absolute Gasteiger partial charge is 0.455 e. The van der Waals surface area contributed by atoms with Gasteiger partial charge in [0.15, 0.2) is 15.6 Å². The van der Waals surface area contributed by atoms with E-state index in [0.29, 0.717) is 17.3 Å². The highest BCUT2D eigenvalue weighted by Gasteiger charge is 2.19. The van der Waals surface area contributed by atoms with Crippen molar-refractivity contribution in [3.63, 3.8) is 0 Å². The van der Waals surface area contributed by atoms with Crippen molar-refractivity contribution in [2.45, 2.75) is 25.4 Å². The summed E-state index contributed by atoms with van der Waals surface area (Å²) >= 11 is 0. The quantitative estimate of drug-likeness (QED) is 0.458. The molecule has 2 aromatic carbocycles. The van der Waals surface area contributed by atoms with E-state index in [1.807, 2.05) is 62.4 Å². The van der Waals surface area contributed by atoms with Crippen molar-refractivity contribution in [3.05, 3.63) is 83.1 Å². The number of aromatic nitrogens is 2. The van der Waals surface area contributed by atoms with Gasteiger partial charge in [-0.3, -0.25) is 0 Å². The van der Waals surface area contributed by atoms with Gasteiger partial charge >= 0.3 is 0 Å². The van der Waals surface area contributed by atoms with Crippen molar-refractivity contribution in [3.8, 4) is 23.0 Å². The number of hydrogen-bond acceptors (Lipinski definition) is 6. The Balaban J connectivity index is 1.50. The van der Waals surface area contributed by atoms with Crippen molar-refractivity contribution in [1.82, 2.24) is 10.1 Å². The van der Waals surface area contributed by atoms with Crippen LogP contribution in [0.1, 0.15) is 22.5 Å². The van der Waals surface area contributed by atoms with Crippen LogP contribution < -0.4 is 0 Å². The maximum Gasteiger partial charge on any atom is 0.293 e. The van der Waals surface area contributed by atoms with Crippen LogP contribution in [0.3, 0.4) is 0 Å². The fraction of sp³-hybridized carbons (Fsp3) is 0.182. The van der Waals surface area contributed by atoms with Gasteiger partial charge in [0.1, 0.15) is 11.5 Å². The molecular weight excluding hydrogens is 388 g/mol. The molecule has 0 saturated carbocycles. The molecule has 0 spiro atoms. The summed E-state index contributed by atoms with van der Waals surface area (Å²) in [7, 11) is -3.38. The van der Waals surface area contributed by atoms with E-state index in [-0.39, 0.29) is 17.4 Å². The third-order valence-electron chi connectivity index (χ3n) is 4.61. The van der Waals surface area contributed by atoms with Gasteiger partial charge in [0.05, 0.1) is 5.75 Å². The molecule has 4 aromatic rings. The van der Waals surface area contributed by atoms with Crippen LogP contribution in [0.2, 0.25) is 0 Å². The lowest BCUT2D eigenvalue weighted by Gasteiger charge is -2.06. The predicted molar refractivity (Wildman–Crippen MR) is 110 cm³/mol. The molecule has 29 heavy (non-hydrogen) atoms. The Morgan fingerprint density at radius 3 is 2.41 bits per heavy atom. The van der Waals surface area contributed by atoms with Gasteiger partial charge < -0.3 is 8.94 Å². The lowest BCUT2D eigenvalue weighted by molar-refractivity contribution is 0.413. The molecule has 0 radical (unpaired) electrons. The summed E-state index contributed by atoms with van der Waals surface area (Å²) < 4.78 is 36.1. The third-order valence-corrected chi connectivity index (χ3v) is 6.08.